The Kier molecular flexibility index (Phi) is 2.25. The molecular weight excluding hydrogens is 234 g/mol. The summed E-state index contributed by atoms with van der Waals surface area (Å²) in [5.41, 5.74) is 7.75. The Hall–Kier alpha value is -1.06. The van der Waals surface area contributed by atoms with E-state index in [9.17, 15) is 0 Å². The van der Waals surface area contributed by atoms with Crippen LogP contribution in [-0.4, -0.2) is 9.55 Å². The van der Waals surface area contributed by atoms with E-state index < -0.39 is 5.54 Å². The quantitative estimate of drug-likeness (QED) is 0.888. The van der Waals surface area contributed by atoms with E-state index in [1.165, 1.54) is 12.8 Å². The smallest absolute Gasteiger partial charge is 0.129 e. The third kappa shape index (κ3) is 1.74. The van der Waals surface area contributed by atoms with Gasteiger partial charge in [-0.15, -0.1) is 0 Å². The highest BCUT2D eigenvalue weighted by molar-refractivity contribution is 6.35. The number of nitrogens with two attached hydrogens (primary N) is 1. The van der Waals surface area contributed by atoms with Crippen LogP contribution in [-0.2, 0) is 5.54 Å². The maximum atomic E-state index is 6.30. The molecule has 0 atom stereocenters. The summed E-state index contributed by atoms with van der Waals surface area (Å²) >= 11 is 6.30. The molecule has 3 nitrogen and oxygen atoms in total. The maximum absolute atomic E-state index is 6.30. The predicted octanol–water partition coefficient (Wildman–Crippen LogP) is 3.22. The van der Waals surface area contributed by atoms with Crippen molar-refractivity contribution in [1.29, 1.82) is 0 Å². The number of hydrogen-bond donors (Lipinski definition) is 1. The lowest BCUT2D eigenvalue weighted by Gasteiger charge is -2.20. The van der Waals surface area contributed by atoms with Crippen molar-refractivity contribution in [3.05, 3.63) is 29.0 Å². The molecule has 1 aliphatic carbocycles. The lowest BCUT2D eigenvalue weighted by atomic mass is 10.1. The fourth-order valence-corrected chi connectivity index (χ4v) is 2.51. The van der Waals surface area contributed by atoms with Crippen LogP contribution in [0.5, 0.6) is 0 Å². The van der Waals surface area contributed by atoms with Gasteiger partial charge in [0, 0.05) is 6.04 Å². The second-order valence-electron chi connectivity index (χ2n) is 5.37. The summed E-state index contributed by atoms with van der Waals surface area (Å²) in [5, 5.41) is 0.761. The van der Waals surface area contributed by atoms with Gasteiger partial charge in [-0.1, -0.05) is 17.7 Å². The first-order valence-electron chi connectivity index (χ1n) is 5.94. The summed E-state index contributed by atoms with van der Waals surface area (Å²) in [6.07, 6.45) is 2.39. The molecule has 0 amide bonds. The molecule has 0 saturated heterocycles. The standard InChI is InChI=1S/C13H16ClN3/c1-13(2,15)12-16-10-5-3-4-9(14)11(10)17(12)8-6-7-8/h3-5,8H,6-7,15H2,1-2H3. The molecule has 0 unspecified atom stereocenters. The van der Waals surface area contributed by atoms with Crippen LogP contribution in [0, 0.1) is 0 Å². The second-order valence-corrected chi connectivity index (χ2v) is 5.77. The average molecular weight is 250 g/mol. The highest BCUT2D eigenvalue weighted by Crippen LogP contribution is 2.42. The number of nitrogens with zero attached hydrogens (tertiary/aromatic N) is 2. The van der Waals surface area contributed by atoms with E-state index in [1.54, 1.807) is 0 Å². The maximum Gasteiger partial charge on any atom is 0.129 e. The van der Waals surface area contributed by atoms with Crippen LogP contribution in [0.3, 0.4) is 0 Å². The van der Waals surface area contributed by atoms with Crippen molar-refractivity contribution in [2.75, 3.05) is 0 Å². The first-order valence-corrected chi connectivity index (χ1v) is 6.32. The number of imidazole rings is 1. The van der Waals surface area contributed by atoms with Crippen molar-refractivity contribution in [3.63, 3.8) is 0 Å². The van der Waals surface area contributed by atoms with Gasteiger partial charge in [0.25, 0.3) is 0 Å². The Morgan fingerprint density at radius 1 is 1.41 bits per heavy atom. The molecule has 17 heavy (non-hydrogen) atoms. The molecule has 1 aliphatic rings. The van der Waals surface area contributed by atoms with Gasteiger partial charge in [0.1, 0.15) is 5.82 Å². The van der Waals surface area contributed by atoms with E-state index in [0.29, 0.717) is 6.04 Å². The first kappa shape index (κ1) is 11.1. The molecule has 1 aromatic carbocycles. The fraction of sp³-hybridized carbons (Fsp3) is 0.462. The Labute approximate surface area is 106 Å². The number of fused-ring (bicyclic) bond motifs is 1. The number of hydrogen-bond acceptors (Lipinski definition) is 2. The second kappa shape index (κ2) is 3.47. The molecule has 3 rings (SSSR count). The summed E-state index contributed by atoms with van der Waals surface area (Å²) in [4.78, 5) is 4.66. The number of rotatable bonds is 2. The van der Waals surface area contributed by atoms with Gasteiger partial charge in [-0.2, -0.15) is 0 Å². The fourth-order valence-electron chi connectivity index (χ4n) is 2.25. The van der Waals surface area contributed by atoms with Crippen molar-refractivity contribution in [2.45, 2.75) is 38.3 Å². The van der Waals surface area contributed by atoms with E-state index in [0.717, 1.165) is 21.9 Å². The molecule has 0 radical (unpaired) electrons. The highest BCUT2D eigenvalue weighted by Gasteiger charge is 2.33. The summed E-state index contributed by atoms with van der Waals surface area (Å²) in [6, 6.07) is 6.37. The number of benzene rings is 1. The molecule has 0 spiro atoms. The van der Waals surface area contributed by atoms with Gasteiger partial charge in [-0.3, -0.25) is 0 Å². The Morgan fingerprint density at radius 2 is 2.12 bits per heavy atom. The zero-order chi connectivity index (χ0) is 12.2. The summed E-state index contributed by atoms with van der Waals surface area (Å²) in [5.74, 6) is 0.933. The number of para-hydroxylation sites is 1. The van der Waals surface area contributed by atoms with E-state index in [1.807, 2.05) is 32.0 Å². The van der Waals surface area contributed by atoms with Crippen LogP contribution in [0.15, 0.2) is 18.2 Å². The Balaban J connectivity index is 2.36. The molecule has 0 aliphatic heterocycles. The SMILES string of the molecule is CC(C)(N)c1nc2cccc(Cl)c2n1C1CC1. The van der Waals surface area contributed by atoms with Crippen LogP contribution in [0.25, 0.3) is 11.0 Å². The molecule has 1 heterocycles. The predicted molar refractivity (Wildman–Crippen MR) is 70.2 cm³/mol. The average Bonchev–Trinajstić information content (AvgIpc) is 2.97. The van der Waals surface area contributed by atoms with Gasteiger partial charge in [0.2, 0.25) is 0 Å². The largest absolute Gasteiger partial charge is 0.322 e. The summed E-state index contributed by atoms with van der Waals surface area (Å²) in [6.45, 7) is 3.97. The van der Waals surface area contributed by atoms with Crippen molar-refractivity contribution in [3.8, 4) is 0 Å². The van der Waals surface area contributed by atoms with E-state index >= 15 is 0 Å². The summed E-state index contributed by atoms with van der Waals surface area (Å²) < 4.78 is 2.23. The molecule has 1 saturated carbocycles. The zero-order valence-electron chi connectivity index (χ0n) is 10.1. The minimum atomic E-state index is -0.440. The Bertz CT molecular complexity index is 576. The van der Waals surface area contributed by atoms with Crippen molar-refractivity contribution >= 4 is 22.6 Å². The number of halogens is 1. The molecular formula is C13H16ClN3. The molecule has 0 bridgehead atoms. The normalized spacial score (nSPS) is 16.7. The van der Waals surface area contributed by atoms with E-state index in [4.69, 9.17) is 17.3 Å². The van der Waals surface area contributed by atoms with Gasteiger partial charge >= 0.3 is 0 Å². The van der Waals surface area contributed by atoms with Gasteiger partial charge in [0.05, 0.1) is 21.6 Å². The molecule has 1 aromatic heterocycles. The molecule has 2 N–H and O–H groups in total. The van der Waals surface area contributed by atoms with Crippen LogP contribution < -0.4 is 5.73 Å². The van der Waals surface area contributed by atoms with Crippen molar-refractivity contribution < 1.29 is 0 Å². The van der Waals surface area contributed by atoms with Crippen molar-refractivity contribution in [2.24, 2.45) is 5.73 Å². The molecule has 1 fully saturated rings. The van der Waals surface area contributed by atoms with Gasteiger partial charge < -0.3 is 10.3 Å². The lowest BCUT2D eigenvalue weighted by Crippen LogP contribution is -2.32. The van der Waals surface area contributed by atoms with E-state index in [2.05, 4.69) is 9.55 Å². The monoisotopic (exact) mass is 249 g/mol. The van der Waals surface area contributed by atoms with Gasteiger partial charge in [0.15, 0.2) is 0 Å². The van der Waals surface area contributed by atoms with Crippen LogP contribution >= 0.6 is 11.6 Å². The van der Waals surface area contributed by atoms with Gasteiger partial charge in [-0.05, 0) is 38.8 Å². The topological polar surface area (TPSA) is 43.8 Å². The van der Waals surface area contributed by atoms with Crippen LogP contribution in [0.1, 0.15) is 38.6 Å². The highest BCUT2D eigenvalue weighted by atomic mass is 35.5. The van der Waals surface area contributed by atoms with Crippen LogP contribution in [0.4, 0.5) is 0 Å². The zero-order valence-corrected chi connectivity index (χ0v) is 10.8. The lowest BCUT2D eigenvalue weighted by molar-refractivity contribution is 0.482. The molecule has 90 valence electrons. The summed E-state index contributed by atoms with van der Waals surface area (Å²) in [7, 11) is 0. The van der Waals surface area contributed by atoms with E-state index in [-0.39, 0.29) is 0 Å². The third-order valence-corrected chi connectivity index (χ3v) is 3.45. The minimum Gasteiger partial charge on any atom is -0.322 e. The third-order valence-electron chi connectivity index (χ3n) is 3.15. The molecule has 4 heteroatoms. The minimum absolute atomic E-state index is 0.440. The Morgan fingerprint density at radius 3 is 2.71 bits per heavy atom. The molecule has 2 aromatic rings. The van der Waals surface area contributed by atoms with Gasteiger partial charge in [-0.25, -0.2) is 4.98 Å². The number of aromatic nitrogens is 2. The first-order chi connectivity index (χ1) is 7.98. The van der Waals surface area contributed by atoms with Crippen molar-refractivity contribution in [1.82, 2.24) is 9.55 Å². The van der Waals surface area contributed by atoms with Crippen LogP contribution in [0.2, 0.25) is 5.02 Å².